The predicted molar refractivity (Wildman–Crippen MR) is 48.1 cm³/mol. The maximum absolute atomic E-state index is 11.1. The third kappa shape index (κ3) is 5.78. The fourth-order valence-electron chi connectivity index (χ4n) is 0.771. The summed E-state index contributed by atoms with van der Waals surface area (Å²) < 4.78 is 0. The van der Waals surface area contributed by atoms with Crippen LogP contribution in [0.5, 0.6) is 0 Å². The van der Waals surface area contributed by atoms with E-state index >= 15 is 0 Å². The van der Waals surface area contributed by atoms with E-state index in [4.69, 9.17) is 0 Å². The topological polar surface area (TPSA) is 54.5 Å². The zero-order valence-electron chi connectivity index (χ0n) is 7.60. The van der Waals surface area contributed by atoms with Crippen LogP contribution >= 0.6 is 0 Å². The largest absolute Gasteiger partial charge is 0.342 e. The highest BCUT2D eigenvalue weighted by Gasteiger charge is 2.02. The number of unbranched alkanes of at least 4 members (excludes halogenated alkanes) is 1. The van der Waals surface area contributed by atoms with Crippen LogP contribution in [0.2, 0.25) is 0 Å². The maximum atomic E-state index is 11.1. The van der Waals surface area contributed by atoms with E-state index in [1.807, 2.05) is 0 Å². The Morgan fingerprint density at radius 2 is 2.08 bits per heavy atom. The number of likely N-dealkylation sites (N-methyl/N-ethyl adjacent to an activating group) is 1. The number of hydrogen-bond acceptors (Lipinski definition) is 3. The minimum absolute atomic E-state index is 0.224. The molecule has 72 valence electrons. The molecule has 13 heavy (non-hydrogen) atoms. The molecule has 0 bridgehead atoms. The van der Waals surface area contributed by atoms with Crippen molar-refractivity contribution in [2.75, 3.05) is 13.6 Å². The Morgan fingerprint density at radius 3 is 2.62 bits per heavy atom. The molecule has 0 aliphatic heterocycles. The van der Waals surface area contributed by atoms with Gasteiger partial charge in [0.25, 0.3) is 0 Å². The number of aldehydes is 2. The molecule has 4 heteroatoms. The monoisotopic (exact) mass is 183 g/mol. The number of rotatable bonds is 6. The van der Waals surface area contributed by atoms with Crippen LogP contribution in [0.1, 0.15) is 12.8 Å². The number of hydrogen-bond donors (Lipinski definition) is 0. The fourth-order valence-corrected chi connectivity index (χ4v) is 0.771. The Morgan fingerprint density at radius 1 is 1.38 bits per heavy atom. The van der Waals surface area contributed by atoms with E-state index in [1.165, 1.54) is 11.0 Å². The van der Waals surface area contributed by atoms with Gasteiger partial charge in [0.15, 0.2) is 0 Å². The highest BCUT2D eigenvalue weighted by Crippen LogP contribution is 1.92. The van der Waals surface area contributed by atoms with Gasteiger partial charge in [0.1, 0.15) is 12.6 Å². The number of allylic oxidation sites excluding steroid dienone is 1. The molecule has 0 spiro atoms. The standard InChI is InChI=1S/C9H13NO3/c1-10(6-2-3-7-11)9(13)5-4-8-12/h4-5,7-8H,2-3,6H2,1H3/b5-4-. The van der Waals surface area contributed by atoms with Gasteiger partial charge in [-0.15, -0.1) is 0 Å². The third-order valence-electron chi connectivity index (χ3n) is 1.51. The summed E-state index contributed by atoms with van der Waals surface area (Å²) in [6, 6.07) is 0. The van der Waals surface area contributed by atoms with Gasteiger partial charge in [0.2, 0.25) is 5.91 Å². The molecule has 0 aliphatic rings. The van der Waals surface area contributed by atoms with Crippen LogP contribution in [0.25, 0.3) is 0 Å². The second-order valence-corrected chi connectivity index (χ2v) is 2.56. The van der Waals surface area contributed by atoms with Gasteiger partial charge in [-0.25, -0.2) is 0 Å². The lowest BCUT2D eigenvalue weighted by Crippen LogP contribution is -2.25. The molecule has 1 amide bonds. The molecule has 4 nitrogen and oxygen atoms in total. The number of carbonyl (C=O) groups is 3. The molecule has 0 unspecified atom stereocenters. The first-order valence-electron chi connectivity index (χ1n) is 4.03. The minimum Gasteiger partial charge on any atom is -0.342 e. The second kappa shape index (κ2) is 7.21. The molecule has 0 fully saturated rings. The lowest BCUT2D eigenvalue weighted by molar-refractivity contribution is -0.125. The van der Waals surface area contributed by atoms with Crippen LogP contribution in [0.15, 0.2) is 12.2 Å². The minimum atomic E-state index is -0.224. The van der Waals surface area contributed by atoms with Gasteiger partial charge in [0, 0.05) is 26.1 Å². The van der Waals surface area contributed by atoms with Crippen molar-refractivity contribution >= 4 is 18.5 Å². The smallest absolute Gasteiger partial charge is 0.246 e. The van der Waals surface area contributed by atoms with E-state index in [0.29, 0.717) is 25.7 Å². The molecule has 0 saturated carbocycles. The summed E-state index contributed by atoms with van der Waals surface area (Å²) in [6.07, 6.45) is 4.83. The Labute approximate surface area is 77.2 Å². The quantitative estimate of drug-likeness (QED) is 0.335. The van der Waals surface area contributed by atoms with Crippen molar-refractivity contribution in [3.8, 4) is 0 Å². The van der Waals surface area contributed by atoms with Gasteiger partial charge in [-0.3, -0.25) is 9.59 Å². The van der Waals surface area contributed by atoms with Crippen molar-refractivity contribution in [1.82, 2.24) is 4.90 Å². The fraction of sp³-hybridized carbons (Fsp3) is 0.444. The summed E-state index contributed by atoms with van der Waals surface area (Å²) >= 11 is 0. The summed E-state index contributed by atoms with van der Waals surface area (Å²) in [6.45, 7) is 0.529. The Hall–Kier alpha value is -1.45. The molecule has 0 aromatic carbocycles. The summed E-state index contributed by atoms with van der Waals surface area (Å²) in [5.41, 5.74) is 0. The van der Waals surface area contributed by atoms with Gasteiger partial charge in [-0.2, -0.15) is 0 Å². The zero-order chi connectivity index (χ0) is 10.1. The van der Waals surface area contributed by atoms with E-state index in [0.717, 1.165) is 12.4 Å². The van der Waals surface area contributed by atoms with Crippen LogP contribution in [0.4, 0.5) is 0 Å². The van der Waals surface area contributed by atoms with Crippen LogP contribution in [-0.4, -0.2) is 37.0 Å². The van der Waals surface area contributed by atoms with E-state index in [9.17, 15) is 14.4 Å². The first-order valence-corrected chi connectivity index (χ1v) is 4.03. The summed E-state index contributed by atoms with van der Waals surface area (Å²) in [7, 11) is 1.63. The molecule has 0 aromatic rings. The van der Waals surface area contributed by atoms with Crippen molar-refractivity contribution in [3.63, 3.8) is 0 Å². The average molecular weight is 183 g/mol. The lowest BCUT2D eigenvalue weighted by atomic mass is 10.3. The van der Waals surface area contributed by atoms with Gasteiger partial charge in [0.05, 0.1) is 0 Å². The number of carbonyl (C=O) groups excluding carboxylic acids is 3. The molecular formula is C9H13NO3. The molecule has 0 heterocycles. The van der Waals surface area contributed by atoms with Crippen LogP contribution in [0.3, 0.4) is 0 Å². The van der Waals surface area contributed by atoms with E-state index in [-0.39, 0.29) is 5.91 Å². The molecular weight excluding hydrogens is 170 g/mol. The lowest BCUT2D eigenvalue weighted by Gasteiger charge is -2.13. The highest BCUT2D eigenvalue weighted by atomic mass is 16.2. The predicted octanol–water partition coefficient (Wildman–Crippen LogP) is 0.179. The molecule has 0 rings (SSSR count). The van der Waals surface area contributed by atoms with Gasteiger partial charge in [-0.1, -0.05) is 0 Å². The second-order valence-electron chi connectivity index (χ2n) is 2.56. The Kier molecular flexibility index (Phi) is 6.41. The summed E-state index contributed by atoms with van der Waals surface area (Å²) in [4.78, 5) is 32.4. The first-order chi connectivity index (χ1) is 6.22. The average Bonchev–Trinajstić information content (AvgIpc) is 2.14. The van der Waals surface area contributed by atoms with Crippen molar-refractivity contribution in [2.45, 2.75) is 12.8 Å². The number of nitrogens with zero attached hydrogens (tertiary/aromatic N) is 1. The normalized spacial score (nSPS) is 9.92. The molecule has 0 N–H and O–H groups in total. The summed E-state index contributed by atoms with van der Waals surface area (Å²) in [5.74, 6) is -0.224. The highest BCUT2D eigenvalue weighted by molar-refractivity contribution is 5.90. The van der Waals surface area contributed by atoms with Crippen molar-refractivity contribution < 1.29 is 14.4 Å². The van der Waals surface area contributed by atoms with E-state index in [2.05, 4.69) is 0 Å². The van der Waals surface area contributed by atoms with Crippen molar-refractivity contribution in [2.24, 2.45) is 0 Å². The van der Waals surface area contributed by atoms with Crippen molar-refractivity contribution in [3.05, 3.63) is 12.2 Å². The third-order valence-corrected chi connectivity index (χ3v) is 1.51. The van der Waals surface area contributed by atoms with Crippen LogP contribution < -0.4 is 0 Å². The zero-order valence-corrected chi connectivity index (χ0v) is 7.60. The first kappa shape index (κ1) is 11.6. The van der Waals surface area contributed by atoms with Gasteiger partial charge < -0.3 is 9.69 Å². The Balaban J connectivity index is 3.74. The van der Waals surface area contributed by atoms with Crippen LogP contribution in [-0.2, 0) is 14.4 Å². The van der Waals surface area contributed by atoms with Gasteiger partial charge >= 0.3 is 0 Å². The molecule has 0 atom stereocenters. The summed E-state index contributed by atoms with van der Waals surface area (Å²) in [5, 5.41) is 0. The molecule has 0 aromatic heterocycles. The Bertz CT molecular complexity index is 211. The van der Waals surface area contributed by atoms with Crippen LogP contribution in [0, 0.1) is 0 Å². The van der Waals surface area contributed by atoms with Gasteiger partial charge in [-0.05, 0) is 12.5 Å². The molecule has 0 aliphatic carbocycles. The number of amides is 1. The van der Waals surface area contributed by atoms with Crippen molar-refractivity contribution in [1.29, 1.82) is 0 Å². The SMILES string of the molecule is CN(CCCC=O)C(=O)/C=C\C=O. The molecule has 0 radical (unpaired) electrons. The van der Waals surface area contributed by atoms with E-state index < -0.39 is 0 Å². The van der Waals surface area contributed by atoms with E-state index in [1.54, 1.807) is 7.05 Å². The molecule has 0 saturated heterocycles. The maximum Gasteiger partial charge on any atom is 0.246 e.